The van der Waals surface area contributed by atoms with Crippen LogP contribution in [0.15, 0.2) is 23.8 Å². The fourth-order valence-electron chi connectivity index (χ4n) is 3.99. The van der Waals surface area contributed by atoms with Crippen molar-refractivity contribution in [1.82, 2.24) is 0 Å². The van der Waals surface area contributed by atoms with E-state index in [1.54, 1.807) is 0 Å². The maximum Gasteiger partial charge on any atom is 0.334 e. The second-order valence-corrected chi connectivity index (χ2v) is 6.27. The molecule has 4 heteroatoms. The summed E-state index contributed by atoms with van der Waals surface area (Å²) in [5, 5.41) is 10.2. The van der Waals surface area contributed by atoms with E-state index >= 15 is 0 Å². The molecular weight excluding hydrogens is 244 g/mol. The van der Waals surface area contributed by atoms with Crippen molar-refractivity contribution in [3.8, 4) is 0 Å². The molecule has 0 spiro atoms. The number of rotatable bonds is 0. The van der Waals surface area contributed by atoms with Gasteiger partial charge < -0.3 is 9.84 Å². The average Bonchev–Trinajstić information content (AvgIpc) is 2.60. The Morgan fingerprint density at radius 2 is 2.16 bits per heavy atom. The van der Waals surface area contributed by atoms with Gasteiger partial charge in [0.1, 0.15) is 12.2 Å². The zero-order valence-corrected chi connectivity index (χ0v) is 11.2. The van der Waals surface area contributed by atoms with Crippen LogP contribution in [-0.4, -0.2) is 29.1 Å². The molecule has 2 aliphatic carbocycles. The van der Waals surface area contributed by atoms with Crippen molar-refractivity contribution in [2.45, 2.75) is 38.9 Å². The fourth-order valence-corrected chi connectivity index (χ4v) is 3.99. The molecule has 5 atom stereocenters. The Morgan fingerprint density at radius 3 is 2.84 bits per heavy atom. The maximum atomic E-state index is 11.8. The van der Waals surface area contributed by atoms with Crippen molar-refractivity contribution in [2.24, 2.45) is 17.3 Å². The highest BCUT2D eigenvalue weighted by molar-refractivity contribution is 5.96. The molecular formula is C15H18O4. The molecule has 0 bridgehead atoms. The molecule has 3 aliphatic rings. The molecule has 2 fully saturated rings. The number of ketones is 1. The summed E-state index contributed by atoms with van der Waals surface area (Å²) in [6, 6.07) is 0. The predicted molar refractivity (Wildman–Crippen MR) is 68.1 cm³/mol. The molecule has 1 saturated carbocycles. The lowest BCUT2D eigenvalue weighted by atomic mass is 9.55. The highest BCUT2D eigenvalue weighted by Crippen LogP contribution is 2.54. The van der Waals surface area contributed by atoms with Gasteiger partial charge in [0.05, 0.1) is 0 Å². The average molecular weight is 262 g/mol. The van der Waals surface area contributed by atoms with E-state index in [0.29, 0.717) is 12.0 Å². The fraction of sp³-hybridized carbons (Fsp3) is 0.600. The summed E-state index contributed by atoms with van der Waals surface area (Å²) in [5.74, 6) is -0.445. The summed E-state index contributed by atoms with van der Waals surface area (Å²) in [6.45, 7) is 7.66. The first kappa shape index (κ1) is 12.6. The number of carbonyl (C=O) groups excluding carboxylic acids is 2. The lowest BCUT2D eigenvalue weighted by Crippen LogP contribution is -2.53. The zero-order valence-electron chi connectivity index (χ0n) is 11.2. The second-order valence-electron chi connectivity index (χ2n) is 6.27. The van der Waals surface area contributed by atoms with Crippen LogP contribution in [0, 0.1) is 17.3 Å². The molecule has 4 nitrogen and oxygen atoms in total. The summed E-state index contributed by atoms with van der Waals surface area (Å²) < 4.78 is 5.33. The van der Waals surface area contributed by atoms with Crippen LogP contribution in [-0.2, 0) is 14.3 Å². The summed E-state index contributed by atoms with van der Waals surface area (Å²) in [7, 11) is 0. The van der Waals surface area contributed by atoms with Gasteiger partial charge in [0, 0.05) is 16.9 Å². The number of carbonyl (C=O) groups is 2. The number of allylic oxidation sites excluding steroid dienone is 1. The van der Waals surface area contributed by atoms with Crippen molar-refractivity contribution < 1.29 is 19.4 Å². The van der Waals surface area contributed by atoms with Gasteiger partial charge in [-0.25, -0.2) is 4.79 Å². The molecule has 1 heterocycles. The Hall–Kier alpha value is -1.42. The van der Waals surface area contributed by atoms with E-state index in [4.69, 9.17) is 4.74 Å². The maximum absolute atomic E-state index is 11.8. The second kappa shape index (κ2) is 3.79. The summed E-state index contributed by atoms with van der Waals surface area (Å²) in [5.41, 5.74) is 0.983. The normalized spacial score (nSPS) is 45.4. The first-order chi connectivity index (χ1) is 8.84. The minimum Gasteiger partial charge on any atom is -0.458 e. The number of aliphatic hydroxyl groups excluding tert-OH is 1. The smallest absolute Gasteiger partial charge is 0.334 e. The van der Waals surface area contributed by atoms with Gasteiger partial charge in [-0.1, -0.05) is 19.1 Å². The molecule has 1 N–H and O–H groups in total. The number of esters is 1. The molecule has 0 aromatic carbocycles. The van der Waals surface area contributed by atoms with Crippen molar-refractivity contribution in [3.63, 3.8) is 0 Å². The van der Waals surface area contributed by atoms with Crippen molar-refractivity contribution in [1.29, 1.82) is 0 Å². The number of aliphatic hydroxyl groups is 1. The molecule has 1 saturated heterocycles. The van der Waals surface area contributed by atoms with Gasteiger partial charge in [0.25, 0.3) is 0 Å². The van der Waals surface area contributed by atoms with E-state index < -0.39 is 11.5 Å². The van der Waals surface area contributed by atoms with Gasteiger partial charge in [0.2, 0.25) is 0 Å². The van der Waals surface area contributed by atoms with Crippen LogP contribution in [0.2, 0.25) is 0 Å². The summed E-state index contributed by atoms with van der Waals surface area (Å²) >= 11 is 0. The number of fused-ring (bicyclic) bond motifs is 2. The van der Waals surface area contributed by atoms with Crippen LogP contribution in [0.1, 0.15) is 26.7 Å². The van der Waals surface area contributed by atoms with Crippen LogP contribution in [0.4, 0.5) is 0 Å². The van der Waals surface area contributed by atoms with Gasteiger partial charge >= 0.3 is 5.97 Å². The molecule has 0 amide bonds. The highest BCUT2D eigenvalue weighted by Gasteiger charge is 2.56. The van der Waals surface area contributed by atoms with Gasteiger partial charge in [-0.05, 0) is 31.8 Å². The van der Waals surface area contributed by atoms with Crippen LogP contribution < -0.4 is 0 Å². The topological polar surface area (TPSA) is 63.6 Å². The Bertz CT molecular complexity index is 518. The Labute approximate surface area is 112 Å². The Balaban J connectivity index is 2.01. The molecule has 0 radical (unpaired) electrons. The first-order valence-corrected chi connectivity index (χ1v) is 6.64. The Kier molecular flexibility index (Phi) is 2.52. The van der Waals surface area contributed by atoms with E-state index in [2.05, 4.69) is 6.58 Å². The van der Waals surface area contributed by atoms with Crippen molar-refractivity contribution >= 4 is 11.8 Å². The molecule has 19 heavy (non-hydrogen) atoms. The molecule has 0 unspecified atom stereocenters. The number of hydrogen-bond acceptors (Lipinski definition) is 4. The third kappa shape index (κ3) is 1.56. The van der Waals surface area contributed by atoms with E-state index in [-0.39, 0.29) is 29.7 Å². The highest BCUT2D eigenvalue weighted by atomic mass is 16.6. The molecule has 0 aromatic rings. The summed E-state index contributed by atoms with van der Waals surface area (Å²) in [6.07, 6.45) is 1.53. The minimum absolute atomic E-state index is 0.0225. The van der Waals surface area contributed by atoms with Gasteiger partial charge in [-0.2, -0.15) is 0 Å². The van der Waals surface area contributed by atoms with E-state index in [1.807, 2.05) is 13.8 Å². The van der Waals surface area contributed by atoms with E-state index in [9.17, 15) is 14.7 Å². The zero-order chi connectivity index (χ0) is 13.9. The summed E-state index contributed by atoms with van der Waals surface area (Å²) in [4.78, 5) is 23.4. The predicted octanol–water partition coefficient (Wildman–Crippen LogP) is 1.39. The lowest BCUT2D eigenvalue weighted by molar-refractivity contribution is -0.148. The molecule has 3 rings (SSSR count). The number of ether oxygens (including phenoxy) is 1. The monoisotopic (exact) mass is 262 g/mol. The van der Waals surface area contributed by atoms with Gasteiger partial charge in [-0.15, -0.1) is 0 Å². The SMILES string of the molecule is C=C1C(=O)O[C@H]2C[C@@]3(C)[C@@H](O)C(=O)C=C(C)[C@@H]3C[C@H]12. The minimum atomic E-state index is -1.00. The molecule has 0 aromatic heterocycles. The third-order valence-electron chi connectivity index (χ3n) is 5.16. The van der Waals surface area contributed by atoms with E-state index in [0.717, 1.165) is 12.0 Å². The van der Waals surface area contributed by atoms with Crippen LogP contribution in [0.5, 0.6) is 0 Å². The van der Waals surface area contributed by atoms with Gasteiger partial charge in [0.15, 0.2) is 5.78 Å². The largest absolute Gasteiger partial charge is 0.458 e. The third-order valence-corrected chi connectivity index (χ3v) is 5.16. The Morgan fingerprint density at radius 1 is 1.47 bits per heavy atom. The lowest BCUT2D eigenvalue weighted by Gasteiger charge is -2.49. The van der Waals surface area contributed by atoms with Crippen LogP contribution in [0.25, 0.3) is 0 Å². The van der Waals surface area contributed by atoms with Gasteiger partial charge in [-0.3, -0.25) is 4.79 Å². The standard InChI is InChI=1S/C15H18O4/c1-7-4-11(16)13(17)15(3)6-12-9(5-10(7)15)8(2)14(18)19-12/h4,9-10,12-13,17H,2,5-6H2,1,3H3/t9-,10+,12+,13+,15-/m1/s1. The molecule has 1 aliphatic heterocycles. The van der Waals surface area contributed by atoms with E-state index in [1.165, 1.54) is 6.08 Å². The number of hydrogen-bond donors (Lipinski definition) is 1. The molecule has 102 valence electrons. The first-order valence-electron chi connectivity index (χ1n) is 6.64. The van der Waals surface area contributed by atoms with Crippen LogP contribution >= 0.6 is 0 Å². The quantitative estimate of drug-likeness (QED) is 0.529. The van der Waals surface area contributed by atoms with Crippen LogP contribution in [0.3, 0.4) is 0 Å². The van der Waals surface area contributed by atoms with Crippen molar-refractivity contribution in [3.05, 3.63) is 23.8 Å². The van der Waals surface area contributed by atoms with Crippen molar-refractivity contribution in [2.75, 3.05) is 0 Å².